The van der Waals surface area contributed by atoms with E-state index in [4.69, 9.17) is 5.11 Å². The normalized spacial score (nSPS) is 10.7. The average Bonchev–Trinajstić information content (AvgIpc) is 2.88. The molecule has 0 radical (unpaired) electrons. The van der Waals surface area contributed by atoms with Gasteiger partial charge in [0.25, 0.3) is 5.91 Å². The van der Waals surface area contributed by atoms with Crippen molar-refractivity contribution in [2.75, 3.05) is 0 Å². The second kappa shape index (κ2) is 6.51. The maximum atomic E-state index is 12.1. The number of amides is 1. The third-order valence-corrected chi connectivity index (χ3v) is 2.90. The number of nitrogens with zero attached hydrogens (tertiary/aromatic N) is 2. The lowest BCUT2D eigenvalue weighted by molar-refractivity contribution is -0.131. The molecule has 0 aliphatic heterocycles. The van der Waals surface area contributed by atoms with Gasteiger partial charge in [-0.3, -0.25) is 4.79 Å². The van der Waals surface area contributed by atoms with Crippen molar-refractivity contribution < 1.29 is 14.7 Å². The van der Waals surface area contributed by atoms with Gasteiger partial charge in [0, 0.05) is 31.1 Å². The lowest BCUT2D eigenvalue weighted by Crippen LogP contribution is -2.24. The summed E-state index contributed by atoms with van der Waals surface area (Å²) in [5, 5.41) is 11.4. The van der Waals surface area contributed by atoms with Crippen LogP contribution in [0.1, 0.15) is 21.7 Å². The van der Waals surface area contributed by atoms with Gasteiger partial charge < -0.3 is 15.0 Å². The fourth-order valence-corrected chi connectivity index (χ4v) is 1.78. The van der Waals surface area contributed by atoms with Gasteiger partial charge in [0.15, 0.2) is 0 Å². The highest BCUT2D eigenvalue weighted by atomic mass is 16.4. The average molecular weight is 285 g/mol. The van der Waals surface area contributed by atoms with Crippen LogP contribution in [-0.4, -0.2) is 26.5 Å². The molecular formula is C15H15N3O3. The van der Waals surface area contributed by atoms with Gasteiger partial charge in [-0.15, -0.1) is 0 Å². The third kappa shape index (κ3) is 4.04. The SMILES string of the molecule is Cn1ccnc1CNC(=O)c1cccc(C=CC(=O)O)c1. The van der Waals surface area contributed by atoms with E-state index in [2.05, 4.69) is 10.3 Å². The first-order chi connectivity index (χ1) is 10.1. The van der Waals surface area contributed by atoms with Crippen LogP contribution in [0.15, 0.2) is 42.7 Å². The van der Waals surface area contributed by atoms with E-state index in [1.54, 1.807) is 36.7 Å². The summed E-state index contributed by atoms with van der Waals surface area (Å²) in [6, 6.07) is 6.74. The number of aryl methyl sites for hydroxylation is 1. The molecule has 1 heterocycles. The summed E-state index contributed by atoms with van der Waals surface area (Å²) >= 11 is 0. The summed E-state index contributed by atoms with van der Waals surface area (Å²) in [5.74, 6) is -0.506. The van der Waals surface area contributed by atoms with Gasteiger partial charge in [-0.1, -0.05) is 12.1 Å². The predicted molar refractivity (Wildman–Crippen MR) is 77.5 cm³/mol. The number of aliphatic carboxylic acids is 1. The highest BCUT2D eigenvalue weighted by molar-refractivity contribution is 5.95. The molecule has 0 atom stereocenters. The van der Waals surface area contributed by atoms with Crippen molar-refractivity contribution in [2.45, 2.75) is 6.54 Å². The monoisotopic (exact) mass is 285 g/mol. The van der Waals surface area contributed by atoms with Crippen molar-refractivity contribution in [2.24, 2.45) is 7.05 Å². The largest absolute Gasteiger partial charge is 0.478 e. The molecule has 0 bridgehead atoms. The van der Waals surface area contributed by atoms with Crippen molar-refractivity contribution in [3.63, 3.8) is 0 Å². The molecule has 1 aromatic carbocycles. The molecule has 1 aromatic heterocycles. The third-order valence-electron chi connectivity index (χ3n) is 2.90. The number of rotatable bonds is 5. The first kappa shape index (κ1) is 14.5. The lowest BCUT2D eigenvalue weighted by atomic mass is 10.1. The van der Waals surface area contributed by atoms with Crippen LogP contribution in [0.5, 0.6) is 0 Å². The van der Waals surface area contributed by atoms with Crippen LogP contribution < -0.4 is 5.32 Å². The zero-order valence-corrected chi connectivity index (χ0v) is 11.5. The van der Waals surface area contributed by atoms with Crippen LogP contribution in [-0.2, 0) is 18.4 Å². The van der Waals surface area contributed by atoms with Crippen molar-refractivity contribution >= 4 is 18.0 Å². The zero-order chi connectivity index (χ0) is 15.2. The highest BCUT2D eigenvalue weighted by Crippen LogP contribution is 2.07. The summed E-state index contributed by atoms with van der Waals surface area (Å²) in [6.45, 7) is 0.331. The Hall–Kier alpha value is -2.89. The van der Waals surface area contributed by atoms with Gasteiger partial charge >= 0.3 is 5.97 Å². The van der Waals surface area contributed by atoms with E-state index in [0.717, 1.165) is 11.9 Å². The number of benzene rings is 1. The zero-order valence-electron chi connectivity index (χ0n) is 11.5. The fourth-order valence-electron chi connectivity index (χ4n) is 1.78. The van der Waals surface area contributed by atoms with Gasteiger partial charge in [0.2, 0.25) is 0 Å². The molecule has 0 aliphatic rings. The number of hydrogen-bond donors (Lipinski definition) is 2. The van der Waals surface area contributed by atoms with Crippen molar-refractivity contribution in [3.05, 3.63) is 59.7 Å². The topological polar surface area (TPSA) is 84.2 Å². The first-order valence-corrected chi connectivity index (χ1v) is 6.32. The van der Waals surface area contributed by atoms with Crippen LogP contribution in [0.2, 0.25) is 0 Å². The Morgan fingerprint density at radius 1 is 1.43 bits per heavy atom. The Kier molecular flexibility index (Phi) is 4.50. The van der Waals surface area contributed by atoms with E-state index < -0.39 is 5.97 Å². The van der Waals surface area contributed by atoms with Crippen LogP contribution >= 0.6 is 0 Å². The molecule has 6 nitrogen and oxygen atoms in total. The van der Waals surface area contributed by atoms with Crippen LogP contribution in [0.3, 0.4) is 0 Å². The molecule has 0 saturated heterocycles. The van der Waals surface area contributed by atoms with E-state index in [1.165, 1.54) is 6.08 Å². The molecule has 108 valence electrons. The molecular weight excluding hydrogens is 270 g/mol. The smallest absolute Gasteiger partial charge is 0.328 e. The summed E-state index contributed by atoms with van der Waals surface area (Å²) in [4.78, 5) is 26.7. The number of hydrogen-bond acceptors (Lipinski definition) is 3. The van der Waals surface area contributed by atoms with Gasteiger partial charge in [-0.2, -0.15) is 0 Å². The molecule has 6 heteroatoms. The van der Waals surface area contributed by atoms with Gasteiger partial charge in [0.05, 0.1) is 6.54 Å². The molecule has 0 aliphatic carbocycles. The predicted octanol–water partition coefficient (Wildman–Crippen LogP) is 1.45. The number of carbonyl (C=O) groups excluding carboxylic acids is 1. The minimum absolute atomic E-state index is 0.233. The Labute approximate surface area is 121 Å². The van der Waals surface area contributed by atoms with Crippen molar-refractivity contribution in [1.82, 2.24) is 14.9 Å². The van der Waals surface area contributed by atoms with Crippen LogP contribution in [0.4, 0.5) is 0 Å². The molecule has 0 fully saturated rings. The molecule has 2 rings (SSSR count). The van der Waals surface area contributed by atoms with E-state index >= 15 is 0 Å². The first-order valence-electron chi connectivity index (χ1n) is 6.32. The molecule has 0 spiro atoms. The van der Waals surface area contributed by atoms with E-state index in [-0.39, 0.29) is 5.91 Å². The molecule has 21 heavy (non-hydrogen) atoms. The summed E-state index contributed by atoms with van der Waals surface area (Å²) < 4.78 is 1.83. The van der Waals surface area contributed by atoms with E-state index in [9.17, 15) is 9.59 Å². The molecule has 0 unspecified atom stereocenters. The van der Waals surface area contributed by atoms with Crippen molar-refractivity contribution in [1.29, 1.82) is 0 Å². The minimum atomic E-state index is -1.03. The number of carbonyl (C=O) groups is 2. The maximum absolute atomic E-state index is 12.1. The molecule has 2 aromatic rings. The number of nitrogens with one attached hydrogen (secondary N) is 1. The van der Waals surface area contributed by atoms with Gasteiger partial charge in [-0.05, 0) is 23.8 Å². The Bertz CT molecular complexity index is 689. The quantitative estimate of drug-likeness (QED) is 0.814. The minimum Gasteiger partial charge on any atom is -0.478 e. The molecule has 1 amide bonds. The van der Waals surface area contributed by atoms with Gasteiger partial charge in [0.1, 0.15) is 5.82 Å². The molecule has 2 N–H and O–H groups in total. The lowest BCUT2D eigenvalue weighted by Gasteiger charge is -2.06. The van der Waals surface area contributed by atoms with Gasteiger partial charge in [-0.25, -0.2) is 9.78 Å². The Morgan fingerprint density at radius 2 is 2.24 bits per heavy atom. The van der Waals surface area contributed by atoms with Crippen LogP contribution in [0.25, 0.3) is 6.08 Å². The second-order valence-electron chi connectivity index (χ2n) is 4.43. The number of imidazole rings is 1. The van der Waals surface area contributed by atoms with Crippen molar-refractivity contribution in [3.8, 4) is 0 Å². The summed E-state index contributed by atoms with van der Waals surface area (Å²) in [6.07, 6.45) is 5.94. The summed E-state index contributed by atoms with van der Waals surface area (Å²) in [7, 11) is 1.85. The highest BCUT2D eigenvalue weighted by Gasteiger charge is 2.07. The number of carboxylic acid groups (broad SMARTS) is 1. The van der Waals surface area contributed by atoms with E-state index in [1.807, 2.05) is 11.6 Å². The number of carboxylic acids is 1. The number of aromatic nitrogens is 2. The Morgan fingerprint density at radius 3 is 2.90 bits per heavy atom. The second-order valence-corrected chi connectivity index (χ2v) is 4.43. The fraction of sp³-hybridized carbons (Fsp3) is 0.133. The summed E-state index contributed by atoms with van der Waals surface area (Å²) in [5.41, 5.74) is 1.12. The maximum Gasteiger partial charge on any atom is 0.328 e. The standard InChI is InChI=1S/C15H15N3O3/c1-18-8-7-16-13(18)10-17-15(21)12-4-2-3-11(9-12)5-6-14(19)20/h2-9H,10H2,1H3,(H,17,21)(H,19,20). The Balaban J connectivity index is 2.04. The van der Waals surface area contributed by atoms with E-state index in [0.29, 0.717) is 17.7 Å². The molecule has 0 saturated carbocycles. The van der Waals surface area contributed by atoms with Crippen LogP contribution in [0, 0.1) is 0 Å².